The van der Waals surface area contributed by atoms with Crippen LogP contribution in [0.5, 0.6) is 0 Å². The number of nitrogens with one attached hydrogen (secondary N) is 1. The summed E-state index contributed by atoms with van der Waals surface area (Å²) in [6, 6.07) is 8.12. The highest BCUT2D eigenvalue weighted by molar-refractivity contribution is 5.53. The van der Waals surface area contributed by atoms with Gasteiger partial charge >= 0.3 is 0 Å². The number of hydrogen-bond donors (Lipinski definition) is 1. The second kappa shape index (κ2) is 4.30. The molecule has 2 heterocycles. The van der Waals surface area contributed by atoms with Crippen LogP contribution in [0, 0.1) is 6.92 Å². The summed E-state index contributed by atoms with van der Waals surface area (Å²) in [4.78, 5) is 0. The summed E-state index contributed by atoms with van der Waals surface area (Å²) in [6.45, 7) is 4.03. The highest BCUT2D eigenvalue weighted by Crippen LogP contribution is 2.25. The van der Waals surface area contributed by atoms with E-state index < -0.39 is 0 Å². The van der Waals surface area contributed by atoms with Crippen LogP contribution in [-0.4, -0.2) is 23.3 Å². The molecule has 0 radical (unpaired) electrons. The van der Waals surface area contributed by atoms with Gasteiger partial charge in [0.1, 0.15) is 0 Å². The van der Waals surface area contributed by atoms with Gasteiger partial charge in [-0.1, -0.05) is 17.7 Å². The molecule has 0 spiro atoms. The Morgan fingerprint density at radius 3 is 3.06 bits per heavy atom. The third-order valence-electron chi connectivity index (χ3n) is 3.12. The van der Waals surface area contributed by atoms with Crippen molar-refractivity contribution in [3.63, 3.8) is 0 Å². The van der Waals surface area contributed by atoms with Crippen LogP contribution in [0.15, 0.2) is 28.7 Å². The maximum atomic E-state index is 5.75. The molecule has 0 saturated carbocycles. The monoisotopic (exact) mass is 229 g/mol. The van der Waals surface area contributed by atoms with E-state index >= 15 is 0 Å². The van der Waals surface area contributed by atoms with E-state index in [1.807, 2.05) is 12.1 Å². The SMILES string of the molecule is Cc1cccc(-c2nnc(C3CCNC3)o2)c1. The molecule has 2 aromatic rings. The number of benzene rings is 1. The van der Waals surface area contributed by atoms with Crippen molar-refractivity contribution < 1.29 is 4.42 Å². The predicted octanol–water partition coefficient (Wildman–Crippen LogP) is 2.12. The van der Waals surface area contributed by atoms with Gasteiger partial charge in [0, 0.05) is 12.1 Å². The van der Waals surface area contributed by atoms with E-state index in [0.717, 1.165) is 31.0 Å². The smallest absolute Gasteiger partial charge is 0.247 e. The fraction of sp³-hybridized carbons (Fsp3) is 0.385. The topological polar surface area (TPSA) is 51.0 Å². The average molecular weight is 229 g/mol. The van der Waals surface area contributed by atoms with Crippen molar-refractivity contribution in [2.75, 3.05) is 13.1 Å². The van der Waals surface area contributed by atoms with Crippen molar-refractivity contribution in [3.05, 3.63) is 35.7 Å². The number of aromatic nitrogens is 2. The van der Waals surface area contributed by atoms with Crippen LogP contribution < -0.4 is 5.32 Å². The van der Waals surface area contributed by atoms with Gasteiger partial charge in [0.05, 0.1) is 5.92 Å². The standard InChI is InChI=1S/C13H15N3O/c1-9-3-2-4-10(7-9)12-15-16-13(17-12)11-5-6-14-8-11/h2-4,7,11,14H,5-6,8H2,1H3. The quantitative estimate of drug-likeness (QED) is 0.857. The van der Waals surface area contributed by atoms with Gasteiger partial charge in [-0.2, -0.15) is 0 Å². The van der Waals surface area contributed by atoms with Crippen LogP contribution in [0.4, 0.5) is 0 Å². The maximum Gasteiger partial charge on any atom is 0.247 e. The molecule has 4 nitrogen and oxygen atoms in total. The van der Waals surface area contributed by atoms with Crippen molar-refractivity contribution >= 4 is 0 Å². The summed E-state index contributed by atoms with van der Waals surface area (Å²) >= 11 is 0. The third-order valence-corrected chi connectivity index (χ3v) is 3.12. The Balaban J connectivity index is 1.89. The molecule has 1 aliphatic rings. The summed E-state index contributed by atoms with van der Waals surface area (Å²) < 4.78 is 5.75. The van der Waals surface area contributed by atoms with Crippen LogP contribution in [0.25, 0.3) is 11.5 Å². The molecule has 4 heteroatoms. The molecule has 1 saturated heterocycles. The van der Waals surface area contributed by atoms with Crippen LogP contribution in [-0.2, 0) is 0 Å². The molecule has 1 fully saturated rings. The van der Waals surface area contributed by atoms with Crippen LogP contribution in [0.3, 0.4) is 0 Å². The number of rotatable bonds is 2. The first-order chi connectivity index (χ1) is 8.33. The third kappa shape index (κ3) is 2.08. The molecular formula is C13H15N3O. The van der Waals surface area contributed by atoms with E-state index in [9.17, 15) is 0 Å². The van der Waals surface area contributed by atoms with Crippen molar-refractivity contribution in [1.29, 1.82) is 0 Å². The average Bonchev–Trinajstić information content (AvgIpc) is 3.00. The summed E-state index contributed by atoms with van der Waals surface area (Å²) in [5, 5.41) is 11.6. The Morgan fingerprint density at radius 2 is 2.29 bits per heavy atom. The minimum Gasteiger partial charge on any atom is -0.420 e. The van der Waals surface area contributed by atoms with Gasteiger partial charge in [0.25, 0.3) is 0 Å². The Morgan fingerprint density at radius 1 is 1.35 bits per heavy atom. The van der Waals surface area contributed by atoms with Gasteiger partial charge in [-0.05, 0) is 32.0 Å². The number of hydrogen-bond acceptors (Lipinski definition) is 4. The summed E-state index contributed by atoms with van der Waals surface area (Å²) in [5.41, 5.74) is 2.19. The van der Waals surface area contributed by atoms with E-state index in [1.165, 1.54) is 5.56 Å². The Kier molecular flexibility index (Phi) is 2.65. The first kappa shape index (κ1) is 10.5. The second-order valence-corrected chi connectivity index (χ2v) is 4.50. The first-order valence-electron chi connectivity index (χ1n) is 5.94. The normalized spacial score (nSPS) is 19.7. The van der Waals surface area contributed by atoms with Crippen molar-refractivity contribution in [2.45, 2.75) is 19.3 Å². The van der Waals surface area contributed by atoms with E-state index in [-0.39, 0.29) is 0 Å². The molecular weight excluding hydrogens is 214 g/mol. The van der Waals surface area contributed by atoms with Gasteiger partial charge in [-0.3, -0.25) is 0 Å². The van der Waals surface area contributed by atoms with Crippen molar-refractivity contribution in [3.8, 4) is 11.5 Å². The molecule has 88 valence electrons. The van der Waals surface area contributed by atoms with Crippen LogP contribution >= 0.6 is 0 Å². The molecule has 0 aliphatic carbocycles. The fourth-order valence-corrected chi connectivity index (χ4v) is 2.16. The molecule has 1 aromatic heterocycles. The lowest BCUT2D eigenvalue weighted by Gasteiger charge is -2.00. The molecule has 17 heavy (non-hydrogen) atoms. The largest absolute Gasteiger partial charge is 0.420 e. The van der Waals surface area contributed by atoms with E-state index in [1.54, 1.807) is 0 Å². The lowest BCUT2D eigenvalue weighted by atomic mass is 10.1. The minimum absolute atomic E-state index is 0.376. The zero-order valence-corrected chi connectivity index (χ0v) is 9.81. The fourth-order valence-electron chi connectivity index (χ4n) is 2.16. The molecule has 3 rings (SSSR count). The Bertz CT molecular complexity index is 515. The van der Waals surface area contributed by atoms with Gasteiger partial charge in [-0.25, -0.2) is 0 Å². The molecule has 0 amide bonds. The van der Waals surface area contributed by atoms with Gasteiger partial charge < -0.3 is 9.73 Å². The molecule has 1 unspecified atom stereocenters. The van der Waals surface area contributed by atoms with Gasteiger partial charge in [0.15, 0.2) is 0 Å². The maximum absolute atomic E-state index is 5.75. The first-order valence-corrected chi connectivity index (χ1v) is 5.94. The van der Waals surface area contributed by atoms with Crippen LogP contribution in [0.2, 0.25) is 0 Å². The van der Waals surface area contributed by atoms with Gasteiger partial charge in [-0.15, -0.1) is 10.2 Å². The van der Waals surface area contributed by atoms with Gasteiger partial charge in [0.2, 0.25) is 11.8 Å². The Hall–Kier alpha value is -1.68. The van der Waals surface area contributed by atoms with Crippen molar-refractivity contribution in [2.24, 2.45) is 0 Å². The minimum atomic E-state index is 0.376. The van der Waals surface area contributed by atoms with E-state index in [4.69, 9.17) is 4.42 Å². The lowest BCUT2D eigenvalue weighted by molar-refractivity contribution is 0.467. The zero-order valence-electron chi connectivity index (χ0n) is 9.81. The molecule has 1 aromatic carbocycles. The summed E-state index contributed by atoms with van der Waals surface area (Å²) in [6.07, 6.45) is 1.08. The summed E-state index contributed by atoms with van der Waals surface area (Å²) in [5.74, 6) is 1.75. The second-order valence-electron chi connectivity index (χ2n) is 4.50. The summed E-state index contributed by atoms with van der Waals surface area (Å²) in [7, 11) is 0. The highest BCUT2D eigenvalue weighted by Gasteiger charge is 2.22. The van der Waals surface area contributed by atoms with Crippen molar-refractivity contribution in [1.82, 2.24) is 15.5 Å². The molecule has 0 bridgehead atoms. The number of nitrogens with zero attached hydrogens (tertiary/aromatic N) is 2. The zero-order chi connectivity index (χ0) is 11.7. The molecule has 1 aliphatic heterocycles. The molecule has 1 atom stereocenters. The van der Waals surface area contributed by atoms with E-state index in [0.29, 0.717) is 11.8 Å². The molecule has 1 N–H and O–H groups in total. The van der Waals surface area contributed by atoms with Crippen LogP contribution in [0.1, 0.15) is 23.8 Å². The Labute approximate surface area is 100 Å². The number of aryl methyl sites for hydroxylation is 1. The predicted molar refractivity (Wildman–Crippen MR) is 64.7 cm³/mol. The highest BCUT2D eigenvalue weighted by atomic mass is 16.4. The lowest BCUT2D eigenvalue weighted by Crippen LogP contribution is -2.08. The van der Waals surface area contributed by atoms with E-state index in [2.05, 4.69) is 34.6 Å².